The molecule has 4 aliphatic rings. The molecule has 0 aromatic carbocycles. The van der Waals surface area contributed by atoms with E-state index in [0.717, 1.165) is 38.5 Å². The van der Waals surface area contributed by atoms with E-state index in [0.29, 0.717) is 25.2 Å². The predicted octanol–water partition coefficient (Wildman–Crippen LogP) is 3.22. The van der Waals surface area contributed by atoms with Gasteiger partial charge in [-0.3, -0.25) is 13.9 Å². The summed E-state index contributed by atoms with van der Waals surface area (Å²) in [6, 6.07) is 0. The predicted molar refractivity (Wildman–Crippen MR) is 141 cm³/mol. The summed E-state index contributed by atoms with van der Waals surface area (Å²) in [5.41, 5.74) is -0.0334. The van der Waals surface area contributed by atoms with Crippen molar-refractivity contribution in [2.45, 2.75) is 97.2 Å². The standard InChI is InChI=1S/C26H45NO9S2/c1-16(4-7-23(29)27-12-13-37(30,31)32)19-5-6-20-24-21(9-11-26(19,20)3)25(2)10-8-18(28)14-17(25)15-22(24)36-38(33,34)35/h16-22,24,28H,4-15H2,1-3H3,(H,27,29)(H,30,31,32)(H,33,34,35)/t16-,17+,18-,19-,20+,21+,22-,24+,25+,26-/m1/s1. The molecule has 0 spiro atoms. The van der Waals surface area contributed by atoms with Crippen LogP contribution in [0.3, 0.4) is 0 Å². The van der Waals surface area contributed by atoms with Gasteiger partial charge in [0.2, 0.25) is 5.91 Å². The highest BCUT2D eigenvalue weighted by Crippen LogP contribution is 2.68. The first-order valence-electron chi connectivity index (χ1n) is 14.1. The van der Waals surface area contributed by atoms with Gasteiger partial charge in [-0.25, -0.2) is 4.18 Å². The molecule has 4 N–H and O–H groups in total. The molecule has 0 unspecified atom stereocenters. The van der Waals surface area contributed by atoms with Gasteiger partial charge in [0.15, 0.2) is 0 Å². The van der Waals surface area contributed by atoms with Crippen LogP contribution in [0.2, 0.25) is 0 Å². The number of rotatable bonds is 9. The Balaban J connectivity index is 1.48. The molecular weight excluding hydrogens is 534 g/mol. The molecule has 12 heteroatoms. The minimum absolute atomic E-state index is 0.00750. The van der Waals surface area contributed by atoms with Crippen molar-refractivity contribution in [3.05, 3.63) is 0 Å². The summed E-state index contributed by atoms with van der Waals surface area (Å²) >= 11 is 0. The maximum atomic E-state index is 12.3. The van der Waals surface area contributed by atoms with Gasteiger partial charge in [-0.05, 0) is 104 Å². The maximum Gasteiger partial charge on any atom is 0.397 e. The molecule has 38 heavy (non-hydrogen) atoms. The first kappa shape index (κ1) is 30.2. The number of fused-ring (bicyclic) bond motifs is 5. The Kier molecular flexibility index (Phi) is 8.65. The zero-order valence-electron chi connectivity index (χ0n) is 22.7. The van der Waals surface area contributed by atoms with Gasteiger partial charge in [0.25, 0.3) is 10.1 Å². The molecule has 10 nitrogen and oxygen atoms in total. The topological polar surface area (TPSA) is 167 Å². The third-order valence-electron chi connectivity index (χ3n) is 11.1. The fraction of sp³-hybridized carbons (Fsp3) is 0.962. The summed E-state index contributed by atoms with van der Waals surface area (Å²) < 4.78 is 69.4. The zero-order chi connectivity index (χ0) is 28.1. The minimum Gasteiger partial charge on any atom is -0.393 e. The Morgan fingerprint density at radius 3 is 2.32 bits per heavy atom. The van der Waals surface area contributed by atoms with Crippen LogP contribution < -0.4 is 5.32 Å². The van der Waals surface area contributed by atoms with Gasteiger partial charge in [-0.2, -0.15) is 16.8 Å². The average molecular weight is 580 g/mol. The van der Waals surface area contributed by atoms with Crippen molar-refractivity contribution >= 4 is 26.4 Å². The lowest BCUT2D eigenvalue weighted by Crippen LogP contribution is -2.59. The summed E-state index contributed by atoms with van der Waals surface area (Å²) in [5, 5.41) is 12.9. The number of aliphatic hydroxyl groups excluding tert-OH is 1. The second-order valence-electron chi connectivity index (χ2n) is 13.1. The van der Waals surface area contributed by atoms with E-state index in [-0.39, 0.29) is 65.4 Å². The van der Waals surface area contributed by atoms with E-state index in [4.69, 9.17) is 8.74 Å². The number of carbonyl (C=O) groups excluding carboxylic acids is 1. The highest BCUT2D eigenvalue weighted by Gasteiger charge is 2.63. The highest BCUT2D eigenvalue weighted by molar-refractivity contribution is 7.85. The molecule has 1 amide bonds. The molecule has 0 heterocycles. The van der Waals surface area contributed by atoms with Crippen LogP contribution in [0.4, 0.5) is 0 Å². The van der Waals surface area contributed by atoms with E-state index in [1.165, 1.54) is 0 Å². The van der Waals surface area contributed by atoms with E-state index in [1.807, 2.05) is 0 Å². The molecule has 220 valence electrons. The highest BCUT2D eigenvalue weighted by atomic mass is 32.3. The number of nitrogens with one attached hydrogen (secondary N) is 1. The van der Waals surface area contributed by atoms with Gasteiger partial charge in [-0.1, -0.05) is 20.8 Å². The first-order chi connectivity index (χ1) is 17.5. The molecule has 0 bridgehead atoms. The Bertz CT molecular complexity index is 1100. The largest absolute Gasteiger partial charge is 0.397 e. The minimum atomic E-state index is -4.62. The van der Waals surface area contributed by atoms with Crippen molar-refractivity contribution in [3.8, 4) is 0 Å². The molecule has 0 saturated heterocycles. The van der Waals surface area contributed by atoms with Gasteiger partial charge < -0.3 is 10.4 Å². The van der Waals surface area contributed by atoms with Crippen molar-refractivity contribution in [1.82, 2.24) is 5.32 Å². The quantitative estimate of drug-likeness (QED) is 0.300. The average Bonchev–Trinajstić information content (AvgIpc) is 3.14. The Hall–Kier alpha value is -0.790. The van der Waals surface area contributed by atoms with Crippen LogP contribution in [0.1, 0.15) is 85.0 Å². The Morgan fingerprint density at radius 1 is 1.00 bits per heavy atom. The number of hydrogen-bond acceptors (Lipinski definition) is 7. The van der Waals surface area contributed by atoms with E-state index >= 15 is 0 Å². The third-order valence-corrected chi connectivity index (χ3v) is 12.4. The van der Waals surface area contributed by atoms with Gasteiger partial charge in [-0.15, -0.1) is 0 Å². The second-order valence-corrected chi connectivity index (χ2v) is 15.7. The molecule has 4 aliphatic carbocycles. The number of carbonyl (C=O) groups is 1. The molecule has 0 aromatic heterocycles. The van der Waals surface area contributed by atoms with E-state index in [2.05, 4.69) is 26.1 Å². The van der Waals surface area contributed by atoms with Gasteiger partial charge in [0.05, 0.1) is 18.0 Å². The second kappa shape index (κ2) is 10.9. The lowest BCUT2D eigenvalue weighted by Gasteiger charge is -2.62. The van der Waals surface area contributed by atoms with Crippen molar-refractivity contribution < 1.29 is 40.0 Å². The summed E-state index contributed by atoms with van der Waals surface area (Å²) in [6.45, 7) is 6.65. The summed E-state index contributed by atoms with van der Waals surface area (Å²) in [7, 11) is -8.74. The van der Waals surface area contributed by atoms with Crippen LogP contribution in [0, 0.1) is 46.3 Å². The van der Waals surface area contributed by atoms with Gasteiger partial charge in [0, 0.05) is 13.0 Å². The summed E-state index contributed by atoms with van der Waals surface area (Å²) in [4.78, 5) is 12.3. The molecule has 0 aromatic rings. The first-order valence-corrected chi connectivity index (χ1v) is 17.1. The Morgan fingerprint density at radius 2 is 1.66 bits per heavy atom. The van der Waals surface area contributed by atoms with E-state index in [9.17, 15) is 31.3 Å². The molecule has 4 saturated carbocycles. The normalized spacial score (nSPS) is 42.0. The molecular formula is C26H45NO9S2. The van der Waals surface area contributed by atoms with E-state index in [1.54, 1.807) is 0 Å². The molecule has 0 aliphatic heterocycles. The maximum absolute atomic E-state index is 12.3. The smallest absolute Gasteiger partial charge is 0.393 e. The zero-order valence-corrected chi connectivity index (χ0v) is 24.3. The van der Waals surface area contributed by atoms with Gasteiger partial charge in [0.1, 0.15) is 0 Å². The fourth-order valence-corrected chi connectivity index (χ4v) is 10.3. The van der Waals surface area contributed by atoms with Crippen molar-refractivity contribution in [3.63, 3.8) is 0 Å². The number of aliphatic hydroxyl groups is 1. The van der Waals surface area contributed by atoms with Crippen molar-refractivity contribution in [1.29, 1.82) is 0 Å². The van der Waals surface area contributed by atoms with Crippen LogP contribution in [-0.2, 0) is 29.5 Å². The van der Waals surface area contributed by atoms with Crippen LogP contribution in [0.5, 0.6) is 0 Å². The van der Waals surface area contributed by atoms with Crippen molar-refractivity contribution in [2.24, 2.45) is 46.3 Å². The molecule has 10 atom stereocenters. The van der Waals surface area contributed by atoms with Gasteiger partial charge >= 0.3 is 10.4 Å². The lowest BCUT2D eigenvalue weighted by molar-refractivity contribution is -0.168. The van der Waals surface area contributed by atoms with Crippen LogP contribution in [0.25, 0.3) is 0 Å². The van der Waals surface area contributed by atoms with Crippen molar-refractivity contribution in [2.75, 3.05) is 12.3 Å². The van der Waals surface area contributed by atoms with Crippen LogP contribution in [0.15, 0.2) is 0 Å². The number of amides is 1. The summed E-state index contributed by atoms with van der Waals surface area (Å²) in [6.07, 6.45) is 6.65. The molecule has 4 rings (SSSR count). The fourth-order valence-electron chi connectivity index (χ4n) is 9.37. The van der Waals surface area contributed by atoms with E-state index < -0.39 is 32.4 Å². The molecule has 4 fully saturated rings. The lowest BCUT2D eigenvalue weighted by atomic mass is 9.43. The monoisotopic (exact) mass is 579 g/mol. The van der Waals surface area contributed by atoms with Crippen LogP contribution in [-0.4, -0.2) is 61.5 Å². The Labute approximate surface area is 227 Å². The number of hydrogen-bond donors (Lipinski definition) is 4. The summed E-state index contributed by atoms with van der Waals surface area (Å²) in [5.74, 6) is 0.513. The third kappa shape index (κ3) is 6.25. The SMILES string of the molecule is C[C@H](CCC(=O)NCCS(=O)(=O)O)[C@H]1CC[C@H]2[C@@H]3[C@H](OS(=O)(=O)O)C[C@@H]4C[C@H](O)CC[C@]4(C)[C@H]3CC[C@]12C. The molecule has 0 radical (unpaired) electrons. The van der Waals surface area contributed by atoms with Crippen LogP contribution >= 0.6 is 0 Å².